The molecule has 22 heavy (non-hydrogen) atoms. The lowest BCUT2D eigenvalue weighted by Crippen LogP contribution is -2.21. The molecule has 0 N–H and O–H groups in total. The van der Waals surface area contributed by atoms with Gasteiger partial charge in [0.2, 0.25) is 0 Å². The van der Waals surface area contributed by atoms with Gasteiger partial charge in [-0.1, -0.05) is 12.1 Å². The van der Waals surface area contributed by atoms with Gasteiger partial charge in [-0.2, -0.15) is 0 Å². The molecule has 1 aliphatic carbocycles. The molecule has 1 aromatic carbocycles. The Morgan fingerprint density at radius 3 is 3.00 bits per heavy atom. The van der Waals surface area contributed by atoms with E-state index in [1.165, 1.54) is 27.9 Å². The van der Waals surface area contributed by atoms with Crippen molar-refractivity contribution in [1.82, 2.24) is 9.55 Å². The van der Waals surface area contributed by atoms with Crippen molar-refractivity contribution in [3.05, 3.63) is 62.5 Å². The third-order valence-electron chi connectivity index (χ3n) is 4.06. The average Bonchev–Trinajstić information content (AvgIpc) is 3.07. The van der Waals surface area contributed by atoms with Crippen LogP contribution in [0.15, 0.2) is 29.3 Å². The van der Waals surface area contributed by atoms with Crippen molar-refractivity contribution >= 4 is 21.6 Å². The maximum atomic E-state index is 13.8. The third kappa shape index (κ3) is 1.98. The second-order valence-corrected chi connectivity index (χ2v) is 6.51. The highest BCUT2D eigenvalue weighted by atomic mass is 32.1. The minimum absolute atomic E-state index is 0.0179. The number of nitrogens with zero attached hydrogens (tertiary/aromatic N) is 2. The highest BCUT2D eigenvalue weighted by molar-refractivity contribution is 7.18. The van der Waals surface area contributed by atoms with E-state index in [9.17, 15) is 13.6 Å². The summed E-state index contributed by atoms with van der Waals surface area (Å²) < 4.78 is 28.4. The lowest BCUT2D eigenvalue weighted by atomic mass is 10.2. The van der Waals surface area contributed by atoms with E-state index < -0.39 is 11.6 Å². The Hall–Kier alpha value is -2.08. The lowest BCUT2D eigenvalue weighted by molar-refractivity contribution is 0.494. The molecule has 2 aromatic heterocycles. The topological polar surface area (TPSA) is 34.9 Å². The van der Waals surface area contributed by atoms with E-state index in [0.717, 1.165) is 35.7 Å². The fourth-order valence-corrected chi connectivity index (χ4v) is 4.21. The molecule has 0 bridgehead atoms. The number of hydrogen-bond acceptors (Lipinski definition) is 3. The maximum Gasteiger partial charge on any atom is 0.262 e. The molecular weight excluding hydrogens is 306 g/mol. The molecule has 4 rings (SSSR count). The summed E-state index contributed by atoms with van der Waals surface area (Å²) in [5.74, 6) is -1.82. The first-order chi connectivity index (χ1) is 10.6. The first-order valence-electron chi connectivity index (χ1n) is 7.07. The number of benzene rings is 1. The van der Waals surface area contributed by atoms with Crippen molar-refractivity contribution in [2.45, 2.75) is 25.8 Å². The van der Waals surface area contributed by atoms with Crippen molar-refractivity contribution in [1.29, 1.82) is 0 Å². The fraction of sp³-hybridized carbons (Fsp3) is 0.250. The van der Waals surface area contributed by atoms with Gasteiger partial charge in [-0.3, -0.25) is 9.36 Å². The molecule has 2 heterocycles. The van der Waals surface area contributed by atoms with Crippen LogP contribution in [0.4, 0.5) is 8.78 Å². The van der Waals surface area contributed by atoms with Crippen LogP contribution in [-0.4, -0.2) is 9.55 Å². The lowest BCUT2D eigenvalue weighted by Gasteiger charge is -2.07. The fourth-order valence-electron chi connectivity index (χ4n) is 2.99. The molecule has 0 fully saturated rings. The molecule has 0 spiro atoms. The third-order valence-corrected chi connectivity index (χ3v) is 5.26. The molecule has 0 aliphatic heterocycles. The van der Waals surface area contributed by atoms with Gasteiger partial charge >= 0.3 is 0 Å². The first kappa shape index (κ1) is 13.6. The SMILES string of the molecule is O=c1c2c3c(sc2ncn1Cc1cccc(F)c1F)CCC3. The van der Waals surface area contributed by atoms with E-state index in [0.29, 0.717) is 5.39 Å². The van der Waals surface area contributed by atoms with Gasteiger partial charge in [0.05, 0.1) is 18.3 Å². The van der Waals surface area contributed by atoms with E-state index in [4.69, 9.17) is 0 Å². The summed E-state index contributed by atoms with van der Waals surface area (Å²) >= 11 is 1.56. The van der Waals surface area contributed by atoms with Crippen LogP contribution >= 0.6 is 11.3 Å². The Balaban J connectivity index is 1.84. The minimum atomic E-state index is -0.912. The van der Waals surface area contributed by atoms with Crippen LogP contribution in [0.1, 0.15) is 22.4 Å². The van der Waals surface area contributed by atoms with Crippen LogP contribution in [0.2, 0.25) is 0 Å². The summed E-state index contributed by atoms with van der Waals surface area (Å²) in [6, 6.07) is 3.98. The largest absolute Gasteiger partial charge is 0.294 e. The molecule has 0 saturated carbocycles. The van der Waals surface area contributed by atoms with Crippen molar-refractivity contribution < 1.29 is 8.78 Å². The Morgan fingerprint density at radius 2 is 2.14 bits per heavy atom. The van der Waals surface area contributed by atoms with Crippen molar-refractivity contribution in [3.8, 4) is 0 Å². The number of thiophene rings is 1. The Kier molecular flexibility index (Phi) is 3.07. The van der Waals surface area contributed by atoms with Crippen LogP contribution in [-0.2, 0) is 19.4 Å². The molecule has 1 aliphatic rings. The summed E-state index contributed by atoms with van der Waals surface area (Å²) in [5, 5.41) is 0.650. The predicted octanol–water partition coefficient (Wildman–Crippen LogP) is 3.27. The van der Waals surface area contributed by atoms with E-state index in [2.05, 4.69) is 4.98 Å². The Morgan fingerprint density at radius 1 is 1.27 bits per heavy atom. The molecule has 3 aromatic rings. The van der Waals surface area contributed by atoms with Gasteiger partial charge in [0.25, 0.3) is 5.56 Å². The second-order valence-electron chi connectivity index (χ2n) is 5.43. The van der Waals surface area contributed by atoms with E-state index in [1.54, 1.807) is 11.3 Å². The molecule has 0 unspecified atom stereocenters. The zero-order valence-electron chi connectivity index (χ0n) is 11.6. The van der Waals surface area contributed by atoms with Crippen LogP contribution in [0.25, 0.3) is 10.2 Å². The van der Waals surface area contributed by atoms with Gasteiger partial charge in [-0.05, 0) is 30.9 Å². The van der Waals surface area contributed by atoms with Crippen molar-refractivity contribution in [2.24, 2.45) is 0 Å². The van der Waals surface area contributed by atoms with E-state index in [1.807, 2.05) is 0 Å². The number of aromatic nitrogens is 2. The van der Waals surface area contributed by atoms with E-state index >= 15 is 0 Å². The highest BCUT2D eigenvalue weighted by Gasteiger charge is 2.21. The van der Waals surface area contributed by atoms with Crippen molar-refractivity contribution in [2.75, 3.05) is 0 Å². The summed E-state index contributed by atoms with van der Waals surface area (Å²) in [4.78, 5) is 19.0. The van der Waals surface area contributed by atoms with Gasteiger partial charge in [-0.15, -0.1) is 11.3 Å². The second kappa shape index (κ2) is 4.98. The van der Waals surface area contributed by atoms with Gasteiger partial charge in [0.15, 0.2) is 11.6 Å². The summed E-state index contributed by atoms with van der Waals surface area (Å²) in [5.41, 5.74) is 1.06. The van der Waals surface area contributed by atoms with Gasteiger partial charge < -0.3 is 0 Å². The van der Waals surface area contributed by atoms with Crippen LogP contribution in [0.5, 0.6) is 0 Å². The minimum Gasteiger partial charge on any atom is -0.294 e. The molecule has 0 amide bonds. The number of halogens is 2. The molecule has 0 saturated heterocycles. The summed E-state index contributed by atoms with van der Waals surface area (Å²) in [6.45, 7) is -0.0179. The standard InChI is InChI=1S/C16H12F2N2OS/c17-11-5-1-3-9(14(11)18)7-20-8-19-15-13(16(20)21)10-4-2-6-12(10)22-15/h1,3,5,8H,2,4,6-7H2. The van der Waals surface area contributed by atoms with E-state index in [-0.39, 0.29) is 17.7 Å². The molecule has 0 radical (unpaired) electrons. The van der Waals surface area contributed by atoms with Gasteiger partial charge in [0.1, 0.15) is 4.83 Å². The van der Waals surface area contributed by atoms with Gasteiger partial charge in [0, 0.05) is 10.4 Å². The number of hydrogen-bond donors (Lipinski definition) is 0. The quantitative estimate of drug-likeness (QED) is 0.727. The van der Waals surface area contributed by atoms with Crippen LogP contribution < -0.4 is 5.56 Å². The smallest absolute Gasteiger partial charge is 0.262 e. The number of rotatable bonds is 2. The monoisotopic (exact) mass is 318 g/mol. The molecule has 0 atom stereocenters. The molecule has 112 valence electrons. The highest BCUT2D eigenvalue weighted by Crippen LogP contribution is 2.34. The molecule has 3 nitrogen and oxygen atoms in total. The number of aryl methyl sites for hydroxylation is 2. The predicted molar refractivity (Wildman–Crippen MR) is 81.4 cm³/mol. The number of fused-ring (bicyclic) bond motifs is 3. The summed E-state index contributed by atoms with van der Waals surface area (Å²) in [6.07, 6.45) is 4.36. The van der Waals surface area contributed by atoms with Crippen LogP contribution in [0, 0.1) is 11.6 Å². The van der Waals surface area contributed by atoms with Crippen LogP contribution in [0.3, 0.4) is 0 Å². The Bertz CT molecular complexity index is 945. The Labute approximate surface area is 128 Å². The molecule has 6 heteroatoms. The normalized spacial score (nSPS) is 13.7. The summed E-state index contributed by atoms with van der Waals surface area (Å²) in [7, 11) is 0. The zero-order chi connectivity index (χ0) is 15.3. The first-order valence-corrected chi connectivity index (χ1v) is 7.89. The molecular formula is C16H12F2N2OS. The average molecular weight is 318 g/mol. The maximum absolute atomic E-state index is 13.8. The van der Waals surface area contributed by atoms with Crippen molar-refractivity contribution in [3.63, 3.8) is 0 Å². The zero-order valence-corrected chi connectivity index (χ0v) is 12.4. The van der Waals surface area contributed by atoms with Gasteiger partial charge in [-0.25, -0.2) is 13.8 Å².